The molecular weight excluding hydrogens is 260 g/mol. The maximum atomic E-state index is 11.7. The number of unbranched alkanes of at least 4 members (excludes halogenated alkanes) is 10. The van der Waals surface area contributed by atoms with Crippen LogP contribution in [0.25, 0.3) is 0 Å². The molecule has 0 spiro atoms. The molecule has 21 heavy (non-hydrogen) atoms. The molecule has 0 bridgehead atoms. The molecule has 124 valence electrons. The van der Waals surface area contributed by atoms with Gasteiger partial charge in [0.05, 0.1) is 6.61 Å². The second-order valence-corrected chi connectivity index (χ2v) is 5.99. The molecule has 2 nitrogen and oxygen atoms in total. The lowest BCUT2D eigenvalue weighted by atomic mass is 10.1. The van der Waals surface area contributed by atoms with E-state index in [1.54, 1.807) is 0 Å². The highest BCUT2D eigenvalue weighted by atomic mass is 16.5. The molecule has 0 N–H and O–H groups in total. The van der Waals surface area contributed by atoms with Crippen molar-refractivity contribution in [2.75, 3.05) is 6.61 Å². The van der Waals surface area contributed by atoms with Gasteiger partial charge in [0.2, 0.25) is 0 Å². The number of hydrogen-bond donors (Lipinski definition) is 0. The van der Waals surface area contributed by atoms with Gasteiger partial charge in [0.15, 0.2) is 0 Å². The fraction of sp³-hybridized carbons (Fsp3) is 0.842. The van der Waals surface area contributed by atoms with E-state index in [9.17, 15) is 4.79 Å². The zero-order valence-electron chi connectivity index (χ0n) is 14.6. The lowest BCUT2D eigenvalue weighted by Gasteiger charge is -2.05. The van der Waals surface area contributed by atoms with E-state index in [2.05, 4.69) is 13.8 Å². The molecule has 0 aromatic carbocycles. The van der Waals surface area contributed by atoms with Crippen LogP contribution in [0.3, 0.4) is 0 Å². The normalized spacial score (nSPS) is 11.7. The average molecular weight is 296 g/mol. The van der Waals surface area contributed by atoms with E-state index in [1.807, 2.05) is 13.0 Å². The minimum atomic E-state index is -0.128. The van der Waals surface area contributed by atoms with Crippen LogP contribution in [0.15, 0.2) is 11.6 Å². The van der Waals surface area contributed by atoms with Crippen LogP contribution in [-0.4, -0.2) is 12.6 Å². The molecule has 0 aromatic heterocycles. The SMILES string of the molecule is CCCCCCCC/C=C(\C)C(=O)OCCCCCCC. The van der Waals surface area contributed by atoms with E-state index in [1.165, 1.54) is 64.2 Å². The highest BCUT2D eigenvalue weighted by Gasteiger charge is 2.04. The van der Waals surface area contributed by atoms with Gasteiger partial charge in [-0.1, -0.05) is 77.7 Å². The number of carbonyl (C=O) groups excluding carboxylic acids is 1. The number of allylic oxidation sites excluding steroid dienone is 1. The first kappa shape index (κ1) is 20.2. The monoisotopic (exact) mass is 296 g/mol. The van der Waals surface area contributed by atoms with Gasteiger partial charge < -0.3 is 4.74 Å². The number of ether oxygens (including phenoxy) is 1. The van der Waals surface area contributed by atoms with Crippen molar-refractivity contribution in [2.24, 2.45) is 0 Å². The first-order valence-electron chi connectivity index (χ1n) is 9.06. The smallest absolute Gasteiger partial charge is 0.333 e. The summed E-state index contributed by atoms with van der Waals surface area (Å²) in [4.78, 5) is 11.7. The molecule has 2 heteroatoms. The van der Waals surface area contributed by atoms with Crippen LogP contribution in [-0.2, 0) is 9.53 Å². The summed E-state index contributed by atoms with van der Waals surface area (Å²) in [5.74, 6) is -0.128. The summed E-state index contributed by atoms with van der Waals surface area (Å²) < 4.78 is 5.29. The van der Waals surface area contributed by atoms with Crippen molar-refractivity contribution in [1.82, 2.24) is 0 Å². The Morgan fingerprint density at radius 1 is 0.810 bits per heavy atom. The summed E-state index contributed by atoms with van der Waals surface area (Å²) >= 11 is 0. The lowest BCUT2D eigenvalue weighted by Crippen LogP contribution is -2.07. The quantitative estimate of drug-likeness (QED) is 0.217. The van der Waals surface area contributed by atoms with Gasteiger partial charge >= 0.3 is 5.97 Å². The third kappa shape index (κ3) is 13.9. The summed E-state index contributed by atoms with van der Waals surface area (Å²) in [6, 6.07) is 0. The first-order valence-corrected chi connectivity index (χ1v) is 9.06. The Labute approximate surface area is 132 Å². The molecule has 0 fully saturated rings. The maximum absolute atomic E-state index is 11.7. The Balaban J connectivity index is 3.52. The van der Waals surface area contributed by atoms with Crippen LogP contribution >= 0.6 is 0 Å². The second-order valence-electron chi connectivity index (χ2n) is 5.99. The Morgan fingerprint density at radius 2 is 1.33 bits per heavy atom. The van der Waals surface area contributed by atoms with Crippen molar-refractivity contribution in [3.05, 3.63) is 11.6 Å². The van der Waals surface area contributed by atoms with Crippen molar-refractivity contribution >= 4 is 5.97 Å². The molecule has 0 unspecified atom stereocenters. The maximum Gasteiger partial charge on any atom is 0.333 e. The van der Waals surface area contributed by atoms with E-state index in [0.29, 0.717) is 6.61 Å². The Morgan fingerprint density at radius 3 is 1.95 bits per heavy atom. The van der Waals surface area contributed by atoms with E-state index in [-0.39, 0.29) is 5.97 Å². The summed E-state index contributed by atoms with van der Waals surface area (Å²) in [7, 11) is 0. The van der Waals surface area contributed by atoms with Gasteiger partial charge in [0.1, 0.15) is 0 Å². The summed E-state index contributed by atoms with van der Waals surface area (Å²) in [6.45, 7) is 6.89. The topological polar surface area (TPSA) is 26.3 Å². The van der Waals surface area contributed by atoms with Crippen molar-refractivity contribution in [1.29, 1.82) is 0 Å². The molecule has 0 radical (unpaired) electrons. The Hall–Kier alpha value is -0.790. The molecule has 0 heterocycles. The zero-order valence-corrected chi connectivity index (χ0v) is 14.6. The van der Waals surface area contributed by atoms with Crippen molar-refractivity contribution < 1.29 is 9.53 Å². The second kappa shape index (κ2) is 15.6. The largest absolute Gasteiger partial charge is 0.462 e. The van der Waals surface area contributed by atoms with E-state index in [4.69, 9.17) is 4.74 Å². The standard InChI is InChI=1S/C19H36O2/c1-4-6-8-10-11-12-14-16-18(3)19(20)21-17-15-13-9-7-5-2/h16H,4-15,17H2,1-3H3/b18-16+. The molecule has 0 rings (SSSR count). The van der Waals surface area contributed by atoms with Crippen LogP contribution in [0.4, 0.5) is 0 Å². The number of hydrogen-bond acceptors (Lipinski definition) is 2. The molecule has 0 amide bonds. The highest BCUT2D eigenvalue weighted by Crippen LogP contribution is 2.09. The number of rotatable bonds is 14. The van der Waals surface area contributed by atoms with Crippen LogP contribution in [0.1, 0.15) is 97.8 Å². The van der Waals surface area contributed by atoms with E-state index < -0.39 is 0 Å². The minimum absolute atomic E-state index is 0.128. The zero-order chi connectivity index (χ0) is 15.8. The minimum Gasteiger partial charge on any atom is -0.462 e. The van der Waals surface area contributed by atoms with E-state index in [0.717, 1.165) is 18.4 Å². The molecule has 0 aliphatic rings. The lowest BCUT2D eigenvalue weighted by molar-refractivity contribution is -0.139. The fourth-order valence-electron chi connectivity index (χ4n) is 2.31. The highest BCUT2D eigenvalue weighted by molar-refractivity contribution is 5.87. The van der Waals surface area contributed by atoms with Gasteiger partial charge in [-0.25, -0.2) is 4.79 Å². The number of esters is 1. The third-order valence-electron chi connectivity index (χ3n) is 3.81. The molecule has 0 saturated carbocycles. The van der Waals surface area contributed by atoms with Crippen LogP contribution in [0.5, 0.6) is 0 Å². The van der Waals surface area contributed by atoms with Crippen molar-refractivity contribution in [3.8, 4) is 0 Å². The predicted molar refractivity (Wildman–Crippen MR) is 91.5 cm³/mol. The molecular formula is C19H36O2. The molecule has 0 aliphatic heterocycles. The van der Waals surface area contributed by atoms with Gasteiger partial charge in [0.25, 0.3) is 0 Å². The Kier molecular flexibility index (Phi) is 15.0. The van der Waals surface area contributed by atoms with Gasteiger partial charge in [0, 0.05) is 5.57 Å². The average Bonchev–Trinajstić information content (AvgIpc) is 2.49. The van der Waals surface area contributed by atoms with Crippen LogP contribution in [0, 0.1) is 0 Å². The van der Waals surface area contributed by atoms with Crippen molar-refractivity contribution in [2.45, 2.75) is 97.8 Å². The van der Waals surface area contributed by atoms with Crippen molar-refractivity contribution in [3.63, 3.8) is 0 Å². The van der Waals surface area contributed by atoms with E-state index >= 15 is 0 Å². The number of carbonyl (C=O) groups is 1. The van der Waals surface area contributed by atoms with Gasteiger partial charge in [-0.15, -0.1) is 0 Å². The fourth-order valence-corrected chi connectivity index (χ4v) is 2.31. The summed E-state index contributed by atoms with van der Waals surface area (Å²) in [5, 5.41) is 0. The van der Waals surface area contributed by atoms with Crippen LogP contribution in [0.2, 0.25) is 0 Å². The van der Waals surface area contributed by atoms with Crippen LogP contribution < -0.4 is 0 Å². The predicted octanol–water partition coefficient (Wildman–Crippen LogP) is 6.20. The molecule has 0 aliphatic carbocycles. The molecule has 0 aromatic rings. The van der Waals surface area contributed by atoms with Gasteiger partial charge in [-0.3, -0.25) is 0 Å². The Bertz CT molecular complexity index is 269. The van der Waals surface area contributed by atoms with Gasteiger partial charge in [-0.05, 0) is 26.2 Å². The first-order chi connectivity index (χ1) is 10.2. The summed E-state index contributed by atoms with van der Waals surface area (Å²) in [5.41, 5.74) is 0.775. The van der Waals surface area contributed by atoms with Gasteiger partial charge in [-0.2, -0.15) is 0 Å². The molecule has 0 saturated heterocycles. The summed E-state index contributed by atoms with van der Waals surface area (Å²) in [6.07, 6.45) is 16.8. The third-order valence-corrected chi connectivity index (χ3v) is 3.81. The molecule has 0 atom stereocenters.